The van der Waals surface area contributed by atoms with E-state index in [1.807, 2.05) is 13.8 Å². The van der Waals surface area contributed by atoms with Gasteiger partial charge in [-0.25, -0.2) is 8.42 Å². The molecule has 0 aliphatic rings. The molecule has 5 nitrogen and oxygen atoms in total. The number of hydrogen-bond acceptors (Lipinski definition) is 3. The fourth-order valence-corrected chi connectivity index (χ4v) is 4.77. The zero-order valence-electron chi connectivity index (χ0n) is 18.2. The zero-order chi connectivity index (χ0) is 23.1. The third-order valence-electron chi connectivity index (χ3n) is 5.10. The molecule has 0 aromatic heterocycles. The minimum absolute atomic E-state index is 0.130. The number of sulfonamides is 1. The number of halogens is 1. The van der Waals surface area contributed by atoms with Crippen LogP contribution in [-0.4, -0.2) is 27.4 Å². The van der Waals surface area contributed by atoms with Gasteiger partial charge in [0.1, 0.15) is 6.54 Å². The maximum atomic E-state index is 13.3. The van der Waals surface area contributed by atoms with Crippen LogP contribution in [0.5, 0.6) is 0 Å². The van der Waals surface area contributed by atoms with Crippen LogP contribution in [0.2, 0.25) is 5.02 Å². The molecule has 0 heterocycles. The van der Waals surface area contributed by atoms with E-state index >= 15 is 0 Å². The van der Waals surface area contributed by atoms with Crippen molar-refractivity contribution >= 4 is 33.2 Å². The molecule has 168 valence electrons. The number of hydrogen-bond donors (Lipinski definition) is 1. The molecule has 0 radical (unpaired) electrons. The van der Waals surface area contributed by atoms with Crippen LogP contribution >= 0.6 is 11.6 Å². The van der Waals surface area contributed by atoms with Crippen molar-refractivity contribution < 1.29 is 13.2 Å². The highest BCUT2D eigenvalue weighted by Crippen LogP contribution is 2.25. The molecule has 7 heteroatoms. The largest absolute Gasteiger partial charge is 0.355 e. The molecule has 0 aliphatic heterocycles. The van der Waals surface area contributed by atoms with E-state index in [9.17, 15) is 13.2 Å². The Kier molecular flexibility index (Phi) is 7.94. The van der Waals surface area contributed by atoms with Gasteiger partial charge in [-0.15, -0.1) is 0 Å². The molecule has 0 unspecified atom stereocenters. The van der Waals surface area contributed by atoms with Crippen LogP contribution in [0.15, 0.2) is 77.7 Å². The summed E-state index contributed by atoms with van der Waals surface area (Å²) in [5.74, 6) is -0.362. The quantitative estimate of drug-likeness (QED) is 0.452. The van der Waals surface area contributed by atoms with E-state index in [2.05, 4.69) is 29.6 Å². The summed E-state index contributed by atoms with van der Waals surface area (Å²) in [5.41, 5.74) is 3.74. The van der Waals surface area contributed by atoms with Gasteiger partial charge in [0, 0.05) is 11.6 Å². The maximum Gasteiger partial charge on any atom is 0.264 e. The van der Waals surface area contributed by atoms with Gasteiger partial charge in [-0.3, -0.25) is 9.10 Å². The summed E-state index contributed by atoms with van der Waals surface area (Å²) in [6.45, 7) is 4.08. The SMILES string of the molecule is Cc1ccc(CCCNC(=O)CN(c2ccc(Cl)cc2)S(=O)(=O)c2ccc(C)cc2)cc1. The van der Waals surface area contributed by atoms with Gasteiger partial charge in [-0.2, -0.15) is 0 Å². The molecule has 0 bridgehead atoms. The van der Waals surface area contributed by atoms with Gasteiger partial charge in [0.15, 0.2) is 0 Å². The van der Waals surface area contributed by atoms with Crippen LogP contribution in [0.4, 0.5) is 5.69 Å². The van der Waals surface area contributed by atoms with Crippen molar-refractivity contribution in [3.05, 3.63) is 94.5 Å². The van der Waals surface area contributed by atoms with Crippen molar-refractivity contribution in [1.29, 1.82) is 0 Å². The first-order valence-corrected chi connectivity index (χ1v) is 12.2. The molecule has 0 aliphatic carbocycles. The summed E-state index contributed by atoms with van der Waals surface area (Å²) < 4.78 is 27.8. The number of nitrogens with zero attached hydrogens (tertiary/aromatic N) is 1. The molecule has 0 fully saturated rings. The number of rotatable bonds is 9. The first-order valence-electron chi connectivity index (χ1n) is 10.4. The van der Waals surface area contributed by atoms with Crippen LogP contribution in [0.25, 0.3) is 0 Å². The second-order valence-corrected chi connectivity index (χ2v) is 10.0. The first kappa shape index (κ1) is 23.8. The predicted octanol–water partition coefficient (Wildman–Crippen LogP) is 4.90. The minimum Gasteiger partial charge on any atom is -0.355 e. The lowest BCUT2D eigenvalue weighted by molar-refractivity contribution is -0.119. The monoisotopic (exact) mass is 470 g/mol. The number of benzene rings is 3. The van der Waals surface area contributed by atoms with Gasteiger partial charge in [0.05, 0.1) is 10.6 Å². The summed E-state index contributed by atoms with van der Waals surface area (Å²) in [7, 11) is -3.93. The lowest BCUT2D eigenvalue weighted by Gasteiger charge is -2.24. The third-order valence-corrected chi connectivity index (χ3v) is 7.14. The molecule has 3 aromatic rings. The Morgan fingerprint density at radius 2 is 1.44 bits per heavy atom. The van der Waals surface area contributed by atoms with E-state index in [4.69, 9.17) is 11.6 Å². The molecule has 32 heavy (non-hydrogen) atoms. The Morgan fingerprint density at radius 1 is 0.875 bits per heavy atom. The van der Waals surface area contributed by atoms with Gasteiger partial charge in [-0.1, -0.05) is 59.1 Å². The molecular weight excluding hydrogens is 444 g/mol. The zero-order valence-corrected chi connectivity index (χ0v) is 19.8. The Balaban J connectivity index is 1.69. The van der Waals surface area contributed by atoms with E-state index < -0.39 is 10.0 Å². The number of amides is 1. The Bertz CT molecular complexity index is 1140. The molecule has 0 saturated carbocycles. The van der Waals surface area contributed by atoms with E-state index in [1.54, 1.807) is 48.5 Å². The van der Waals surface area contributed by atoms with Gasteiger partial charge < -0.3 is 5.32 Å². The van der Waals surface area contributed by atoms with Gasteiger partial charge >= 0.3 is 0 Å². The van der Waals surface area contributed by atoms with E-state index in [1.165, 1.54) is 11.1 Å². The highest BCUT2D eigenvalue weighted by atomic mass is 35.5. The number of anilines is 1. The van der Waals surface area contributed by atoms with Crippen LogP contribution in [0.1, 0.15) is 23.1 Å². The average molecular weight is 471 g/mol. The Morgan fingerprint density at radius 3 is 2.03 bits per heavy atom. The molecule has 0 saturated heterocycles. The van der Waals surface area contributed by atoms with Crippen molar-refractivity contribution in [3.63, 3.8) is 0 Å². The van der Waals surface area contributed by atoms with Gasteiger partial charge in [0.25, 0.3) is 10.0 Å². The molecule has 1 N–H and O–H groups in total. The van der Waals surface area contributed by atoms with Crippen molar-refractivity contribution in [2.24, 2.45) is 0 Å². The van der Waals surface area contributed by atoms with Gasteiger partial charge in [-0.05, 0) is 68.7 Å². The highest BCUT2D eigenvalue weighted by Gasteiger charge is 2.27. The number of carbonyl (C=O) groups is 1. The lowest BCUT2D eigenvalue weighted by Crippen LogP contribution is -2.41. The molecule has 1 amide bonds. The lowest BCUT2D eigenvalue weighted by atomic mass is 10.1. The fourth-order valence-electron chi connectivity index (χ4n) is 3.22. The molecule has 0 spiro atoms. The fraction of sp³-hybridized carbons (Fsp3) is 0.240. The van der Waals surface area contributed by atoms with Crippen LogP contribution < -0.4 is 9.62 Å². The number of nitrogens with one attached hydrogen (secondary N) is 1. The maximum absolute atomic E-state index is 13.3. The highest BCUT2D eigenvalue weighted by molar-refractivity contribution is 7.92. The van der Waals surface area contributed by atoms with Crippen LogP contribution in [-0.2, 0) is 21.2 Å². The molecule has 3 rings (SSSR count). The van der Waals surface area contributed by atoms with Gasteiger partial charge in [0.2, 0.25) is 5.91 Å². The van der Waals surface area contributed by atoms with Crippen LogP contribution in [0, 0.1) is 13.8 Å². The number of aryl methyl sites for hydroxylation is 3. The normalized spacial score (nSPS) is 11.2. The van der Waals surface area contributed by atoms with E-state index in [-0.39, 0.29) is 17.3 Å². The summed E-state index contributed by atoms with van der Waals surface area (Å²) in [6, 6.07) is 21.2. The predicted molar refractivity (Wildman–Crippen MR) is 130 cm³/mol. The van der Waals surface area contributed by atoms with Crippen molar-refractivity contribution in [1.82, 2.24) is 5.32 Å². The second kappa shape index (κ2) is 10.7. The second-order valence-electron chi connectivity index (χ2n) is 7.74. The van der Waals surface area contributed by atoms with Crippen molar-refractivity contribution in [2.75, 3.05) is 17.4 Å². The summed E-state index contributed by atoms with van der Waals surface area (Å²) in [6.07, 6.45) is 1.60. The average Bonchev–Trinajstić information content (AvgIpc) is 2.77. The first-order chi connectivity index (χ1) is 15.3. The van der Waals surface area contributed by atoms with E-state index in [0.29, 0.717) is 17.3 Å². The van der Waals surface area contributed by atoms with Crippen molar-refractivity contribution in [2.45, 2.75) is 31.6 Å². The summed E-state index contributed by atoms with van der Waals surface area (Å²) >= 11 is 5.97. The summed E-state index contributed by atoms with van der Waals surface area (Å²) in [5, 5.41) is 3.33. The standard InChI is InChI=1S/C25H27ClN2O3S/c1-19-5-9-21(10-6-19)4-3-17-27-25(29)18-28(23-13-11-22(26)12-14-23)32(30,31)24-15-7-20(2)8-16-24/h5-16H,3-4,17-18H2,1-2H3,(H,27,29). The smallest absolute Gasteiger partial charge is 0.264 e. The molecule has 0 atom stereocenters. The number of carbonyl (C=O) groups excluding carboxylic acids is 1. The van der Waals surface area contributed by atoms with Crippen LogP contribution in [0.3, 0.4) is 0 Å². The third kappa shape index (κ3) is 6.34. The van der Waals surface area contributed by atoms with E-state index in [0.717, 1.165) is 22.7 Å². The Hall–Kier alpha value is -2.83. The van der Waals surface area contributed by atoms with Crippen molar-refractivity contribution in [3.8, 4) is 0 Å². The molecular formula is C25H27ClN2O3S. The Labute approximate surface area is 195 Å². The minimum atomic E-state index is -3.93. The molecule has 3 aromatic carbocycles. The topological polar surface area (TPSA) is 66.5 Å². The summed E-state index contributed by atoms with van der Waals surface area (Å²) in [4.78, 5) is 12.8.